The Morgan fingerprint density at radius 3 is 2.44 bits per heavy atom. The second-order valence-electron chi connectivity index (χ2n) is 8.88. The number of carbonyl (C=O) groups is 4. The molecule has 0 bridgehead atoms. The molecule has 0 saturated carbocycles. The van der Waals surface area contributed by atoms with E-state index in [1.165, 1.54) is 11.8 Å². The maximum absolute atomic E-state index is 12.8. The molecule has 0 spiro atoms. The van der Waals surface area contributed by atoms with Crippen molar-refractivity contribution in [3.63, 3.8) is 0 Å². The molecule has 32 heavy (non-hydrogen) atoms. The SMILES string of the molecule is CC(=O)N[C@H](CC(=O)OCc1ccccc1)NC(=O)[C@@H]1CCCN(C(=O)OC(C)(C)C)C1. The minimum Gasteiger partial charge on any atom is -0.461 e. The molecule has 2 rings (SSSR count). The van der Waals surface area contributed by atoms with Crippen molar-refractivity contribution < 1.29 is 28.7 Å². The summed E-state index contributed by atoms with van der Waals surface area (Å²) < 4.78 is 10.6. The number of likely N-dealkylation sites (tertiary alicyclic amines) is 1. The Kier molecular flexibility index (Phi) is 9.04. The standard InChI is InChI=1S/C23H33N3O6/c1-16(27)24-19(13-20(28)31-15-17-9-6-5-7-10-17)25-21(29)18-11-8-12-26(14-18)22(30)32-23(2,3)4/h5-7,9-10,18-19H,8,11-15H2,1-4H3,(H,24,27)(H,25,29)/t18-,19+/m1/s1. The van der Waals surface area contributed by atoms with Crippen LogP contribution in [0.15, 0.2) is 30.3 Å². The Balaban J connectivity index is 1.91. The lowest BCUT2D eigenvalue weighted by atomic mass is 9.97. The van der Waals surface area contributed by atoms with Gasteiger partial charge in [0, 0.05) is 20.0 Å². The van der Waals surface area contributed by atoms with Gasteiger partial charge in [-0.2, -0.15) is 0 Å². The predicted molar refractivity (Wildman–Crippen MR) is 117 cm³/mol. The van der Waals surface area contributed by atoms with E-state index >= 15 is 0 Å². The molecule has 176 valence electrons. The number of ether oxygens (including phenoxy) is 2. The first-order valence-corrected chi connectivity index (χ1v) is 10.8. The van der Waals surface area contributed by atoms with Crippen LogP contribution in [0.4, 0.5) is 4.79 Å². The number of hydrogen-bond donors (Lipinski definition) is 2. The summed E-state index contributed by atoms with van der Waals surface area (Å²) in [6.07, 6.45) is -0.323. The Bertz CT molecular complexity index is 806. The maximum Gasteiger partial charge on any atom is 0.410 e. The van der Waals surface area contributed by atoms with Crippen molar-refractivity contribution in [3.05, 3.63) is 35.9 Å². The third kappa shape index (κ3) is 8.95. The summed E-state index contributed by atoms with van der Waals surface area (Å²) in [5.41, 5.74) is 0.216. The molecule has 2 N–H and O–H groups in total. The van der Waals surface area contributed by atoms with Gasteiger partial charge in [0.15, 0.2) is 0 Å². The van der Waals surface area contributed by atoms with Crippen LogP contribution in [0.2, 0.25) is 0 Å². The van der Waals surface area contributed by atoms with E-state index < -0.39 is 29.7 Å². The Morgan fingerprint density at radius 1 is 1.12 bits per heavy atom. The number of carbonyl (C=O) groups excluding carboxylic acids is 4. The van der Waals surface area contributed by atoms with Gasteiger partial charge in [-0.3, -0.25) is 14.4 Å². The number of benzene rings is 1. The normalized spacial score (nSPS) is 17.1. The molecule has 0 unspecified atom stereocenters. The zero-order valence-corrected chi connectivity index (χ0v) is 19.2. The van der Waals surface area contributed by atoms with Crippen LogP contribution in [0.25, 0.3) is 0 Å². The van der Waals surface area contributed by atoms with E-state index in [0.29, 0.717) is 19.4 Å². The molecule has 3 amide bonds. The predicted octanol–water partition coefficient (Wildman–Crippen LogP) is 2.35. The highest BCUT2D eigenvalue weighted by Gasteiger charge is 2.32. The van der Waals surface area contributed by atoms with Crippen LogP contribution < -0.4 is 10.6 Å². The molecule has 1 heterocycles. The minimum absolute atomic E-state index is 0.105. The smallest absolute Gasteiger partial charge is 0.410 e. The topological polar surface area (TPSA) is 114 Å². The summed E-state index contributed by atoms with van der Waals surface area (Å²) in [5.74, 6) is -1.74. The first kappa shape index (κ1) is 25.2. The van der Waals surface area contributed by atoms with Gasteiger partial charge in [-0.05, 0) is 39.2 Å². The van der Waals surface area contributed by atoms with E-state index in [1.54, 1.807) is 20.8 Å². The first-order valence-electron chi connectivity index (χ1n) is 10.8. The quantitative estimate of drug-likeness (QED) is 0.490. The van der Waals surface area contributed by atoms with Gasteiger partial charge in [0.1, 0.15) is 18.4 Å². The number of amides is 3. The van der Waals surface area contributed by atoms with Crippen molar-refractivity contribution in [1.82, 2.24) is 15.5 Å². The molecule has 1 aliphatic heterocycles. The molecule has 2 atom stereocenters. The van der Waals surface area contributed by atoms with E-state index in [-0.39, 0.29) is 31.4 Å². The van der Waals surface area contributed by atoms with Crippen molar-refractivity contribution in [2.75, 3.05) is 13.1 Å². The third-order valence-electron chi connectivity index (χ3n) is 4.75. The van der Waals surface area contributed by atoms with Crippen molar-refractivity contribution in [1.29, 1.82) is 0 Å². The van der Waals surface area contributed by atoms with Crippen molar-refractivity contribution in [2.24, 2.45) is 5.92 Å². The third-order valence-corrected chi connectivity index (χ3v) is 4.75. The van der Waals surface area contributed by atoms with Gasteiger partial charge < -0.3 is 25.0 Å². The van der Waals surface area contributed by atoms with Crippen molar-refractivity contribution in [2.45, 2.75) is 65.3 Å². The lowest BCUT2D eigenvalue weighted by Crippen LogP contribution is -2.53. The van der Waals surface area contributed by atoms with Gasteiger partial charge in [0.2, 0.25) is 11.8 Å². The highest BCUT2D eigenvalue weighted by atomic mass is 16.6. The lowest BCUT2D eigenvalue weighted by molar-refractivity contribution is -0.146. The summed E-state index contributed by atoms with van der Waals surface area (Å²) in [4.78, 5) is 50.5. The molecule has 0 aliphatic carbocycles. The average Bonchev–Trinajstić information content (AvgIpc) is 2.71. The number of hydrogen-bond acceptors (Lipinski definition) is 6. The van der Waals surface area contributed by atoms with Gasteiger partial charge >= 0.3 is 12.1 Å². The van der Waals surface area contributed by atoms with Crippen LogP contribution in [0.3, 0.4) is 0 Å². The molecule has 1 saturated heterocycles. The molecule has 1 aromatic carbocycles. The second-order valence-corrected chi connectivity index (χ2v) is 8.88. The number of nitrogens with zero attached hydrogens (tertiary/aromatic N) is 1. The molecule has 0 aromatic heterocycles. The van der Waals surface area contributed by atoms with Gasteiger partial charge in [0.25, 0.3) is 0 Å². The highest BCUT2D eigenvalue weighted by molar-refractivity contribution is 5.82. The summed E-state index contributed by atoms with van der Waals surface area (Å²) in [7, 11) is 0. The number of piperidine rings is 1. The van der Waals surface area contributed by atoms with Crippen LogP contribution in [-0.4, -0.2) is 53.6 Å². The summed E-state index contributed by atoms with van der Waals surface area (Å²) >= 11 is 0. The molecule has 1 aromatic rings. The molecule has 9 heteroatoms. The largest absolute Gasteiger partial charge is 0.461 e. The maximum atomic E-state index is 12.8. The minimum atomic E-state index is -0.903. The van der Waals surface area contributed by atoms with Crippen LogP contribution >= 0.6 is 0 Å². The summed E-state index contributed by atoms with van der Waals surface area (Å²) in [6, 6.07) is 9.21. The van der Waals surface area contributed by atoms with E-state index in [0.717, 1.165) is 5.56 Å². The lowest BCUT2D eigenvalue weighted by Gasteiger charge is -2.34. The first-order chi connectivity index (χ1) is 15.0. The molecule has 1 fully saturated rings. The van der Waals surface area contributed by atoms with Crippen molar-refractivity contribution in [3.8, 4) is 0 Å². The fourth-order valence-electron chi connectivity index (χ4n) is 3.32. The number of esters is 1. The number of rotatable bonds is 7. The van der Waals surface area contributed by atoms with E-state index in [2.05, 4.69) is 10.6 Å². The Hall–Kier alpha value is -3.10. The Labute approximate surface area is 188 Å². The average molecular weight is 448 g/mol. The van der Waals surface area contributed by atoms with Crippen molar-refractivity contribution >= 4 is 23.9 Å². The highest BCUT2D eigenvalue weighted by Crippen LogP contribution is 2.20. The van der Waals surface area contributed by atoms with Crippen LogP contribution in [0, 0.1) is 5.92 Å². The van der Waals surface area contributed by atoms with Gasteiger partial charge in [-0.1, -0.05) is 30.3 Å². The monoisotopic (exact) mass is 447 g/mol. The van der Waals surface area contributed by atoms with Gasteiger partial charge in [-0.15, -0.1) is 0 Å². The van der Waals surface area contributed by atoms with Crippen LogP contribution in [-0.2, 0) is 30.5 Å². The zero-order chi connectivity index (χ0) is 23.7. The molecular weight excluding hydrogens is 414 g/mol. The summed E-state index contributed by atoms with van der Waals surface area (Å²) in [6.45, 7) is 7.49. The van der Waals surface area contributed by atoms with Crippen LogP contribution in [0.1, 0.15) is 52.5 Å². The fraction of sp³-hybridized carbons (Fsp3) is 0.565. The molecule has 0 radical (unpaired) electrons. The van der Waals surface area contributed by atoms with E-state index in [9.17, 15) is 19.2 Å². The van der Waals surface area contributed by atoms with Crippen LogP contribution in [0.5, 0.6) is 0 Å². The number of nitrogens with one attached hydrogen (secondary N) is 2. The molecule has 9 nitrogen and oxygen atoms in total. The van der Waals surface area contributed by atoms with E-state index in [1.807, 2.05) is 30.3 Å². The summed E-state index contributed by atoms with van der Waals surface area (Å²) in [5, 5.41) is 5.27. The second kappa shape index (κ2) is 11.5. The van der Waals surface area contributed by atoms with Gasteiger partial charge in [0.05, 0.1) is 12.3 Å². The Morgan fingerprint density at radius 2 is 1.81 bits per heavy atom. The van der Waals surface area contributed by atoms with E-state index in [4.69, 9.17) is 9.47 Å². The molecule has 1 aliphatic rings. The zero-order valence-electron chi connectivity index (χ0n) is 19.2. The molecular formula is C23H33N3O6. The van der Waals surface area contributed by atoms with Gasteiger partial charge in [-0.25, -0.2) is 4.79 Å². The fourth-order valence-corrected chi connectivity index (χ4v) is 3.32.